The molecule has 1 N–H and O–H groups in total. The maximum Gasteiger partial charge on any atom is 0.166 e. The Hall–Kier alpha value is -2.34. The molecule has 0 saturated carbocycles. The van der Waals surface area contributed by atoms with Crippen molar-refractivity contribution >= 4 is 22.8 Å². The van der Waals surface area contributed by atoms with Gasteiger partial charge in [0.2, 0.25) is 0 Å². The number of hydrogen-bond donors (Lipinski definition) is 1. The Balaban J connectivity index is 1.47. The number of hydrogen-bond acceptors (Lipinski definition) is 5. The van der Waals surface area contributed by atoms with E-state index >= 15 is 0 Å². The third kappa shape index (κ3) is 4.14. The number of nitrogens with zero attached hydrogens (tertiary/aromatic N) is 3. The molecule has 124 valence electrons. The summed E-state index contributed by atoms with van der Waals surface area (Å²) < 4.78 is 5.16. The second-order valence-corrected chi connectivity index (χ2v) is 6.42. The van der Waals surface area contributed by atoms with Crippen molar-refractivity contribution in [2.24, 2.45) is 10.2 Å². The number of benzene rings is 2. The van der Waals surface area contributed by atoms with Gasteiger partial charge in [-0.2, -0.15) is 10.2 Å². The molecule has 0 radical (unpaired) electrons. The van der Waals surface area contributed by atoms with Crippen molar-refractivity contribution in [1.29, 1.82) is 0 Å². The number of azo groups is 1. The number of nitrogens with one attached hydrogen (secondary N) is 1. The number of para-hydroxylation sites is 2. The van der Waals surface area contributed by atoms with Crippen LogP contribution in [0.25, 0.3) is 11.0 Å². The van der Waals surface area contributed by atoms with Crippen LogP contribution in [0, 0.1) is 0 Å². The maximum atomic E-state index is 5.16. The molecule has 0 aliphatic rings. The van der Waals surface area contributed by atoms with Gasteiger partial charge in [0.25, 0.3) is 0 Å². The van der Waals surface area contributed by atoms with Gasteiger partial charge in [-0.3, -0.25) is 0 Å². The summed E-state index contributed by atoms with van der Waals surface area (Å²) in [5.41, 5.74) is 3.19. The molecule has 1 atom stereocenters. The van der Waals surface area contributed by atoms with Crippen molar-refractivity contribution in [2.45, 2.75) is 18.1 Å². The van der Waals surface area contributed by atoms with Gasteiger partial charge in [-0.25, -0.2) is 4.98 Å². The van der Waals surface area contributed by atoms with Crippen molar-refractivity contribution in [2.75, 3.05) is 19.4 Å². The molecular weight excluding hydrogens is 320 g/mol. The molecular formula is C18H20N4OS. The van der Waals surface area contributed by atoms with E-state index in [2.05, 4.69) is 20.2 Å². The summed E-state index contributed by atoms with van der Waals surface area (Å²) in [7, 11) is 1.66. The SMILES string of the molecule is COc1ccc(C(C)N=NCCSc2nc3ccccc3[nH]2)cc1. The number of fused-ring (bicyclic) bond motifs is 1. The van der Waals surface area contributed by atoms with Crippen LogP contribution in [0.2, 0.25) is 0 Å². The highest BCUT2D eigenvalue weighted by atomic mass is 32.2. The van der Waals surface area contributed by atoms with Crippen LogP contribution in [0.5, 0.6) is 5.75 Å². The molecule has 1 heterocycles. The van der Waals surface area contributed by atoms with Crippen molar-refractivity contribution < 1.29 is 4.74 Å². The quantitative estimate of drug-likeness (QED) is 0.379. The summed E-state index contributed by atoms with van der Waals surface area (Å²) in [5.74, 6) is 1.70. The molecule has 2 aromatic carbocycles. The second-order valence-electron chi connectivity index (χ2n) is 5.34. The number of ether oxygens (including phenoxy) is 1. The van der Waals surface area contributed by atoms with Crippen LogP contribution in [-0.4, -0.2) is 29.4 Å². The molecule has 0 aliphatic carbocycles. The third-order valence-electron chi connectivity index (χ3n) is 3.65. The average Bonchev–Trinajstić information content (AvgIpc) is 3.04. The highest BCUT2D eigenvalue weighted by Gasteiger charge is 2.04. The molecule has 5 nitrogen and oxygen atoms in total. The van der Waals surface area contributed by atoms with Gasteiger partial charge in [-0.05, 0) is 36.8 Å². The number of rotatable bonds is 7. The molecule has 0 fully saturated rings. The Morgan fingerprint density at radius 3 is 2.71 bits per heavy atom. The lowest BCUT2D eigenvalue weighted by Crippen LogP contribution is -1.91. The molecule has 0 amide bonds. The molecule has 0 saturated heterocycles. The van der Waals surface area contributed by atoms with E-state index in [0.717, 1.165) is 33.3 Å². The fraction of sp³-hybridized carbons (Fsp3) is 0.278. The van der Waals surface area contributed by atoms with E-state index in [1.165, 1.54) is 0 Å². The first-order valence-corrected chi connectivity index (χ1v) is 8.83. The topological polar surface area (TPSA) is 62.6 Å². The number of thioether (sulfide) groups is 1. The normalized spacial score (nSPS) is 12.8. The highest BCUT2D eigenvalue weighted by Crippen LogP contribution is 2.21. The van der Waals surface area contributed by atoms with Crippen LogP contribution >= 0.6 is 11.8 Å². The zero-order valence-electron chi connectivity index (χ0n) is 13.8. The summed E-state index contributed by atoms with van der Waals surface area (Å²) in [4.78, 5) is 7.83. The molecule has 0 aliphatic heterocycles. The monoisotopic (exact) mass is 340 g/mol. The predicted molar refractivity (Wildman–Crippen MR) is 97.9 cm³/mol. The number of aromatic nitrogens is 2. The number of H-pyrrole nitrogens is 1. The van der Waals surface area contributed by atoms with Crippen LogP contribution in [0.15, 0.2) is 63.9 Å². The smallest absolute Gasteiger partial charge is 0.166 e. The van der Waals surface area contributed by atoms with E-state index in [4.69, 9.17) is 4.74 Å². The first-order valence-electron chi connectivity index (χ1n) is 7.84. The molecule has 3 rings (SSSR count). The summed E-state index contributed by atoms with van der Waals surface area (Å²) in [6, 6.07) is 16.0. The van der Waals surface area contributed by atoms with E-state index in [1.54, 1.807) is 18.9 Å². The minimum atomic E-state index is 0.0482. The van der Waals surface area contributed by atoms with Gasteiger partial charge in [0.15, 0.2) is 5.16 Å². The fourth-order valence-electron chi connectivity index (χ4n) is 2.31. The molecule has 0 bridgehead atoms. The van der Waals surface area contributed by atoms with E-state index < -0.39 is 0 Å². The van der Waals surface area contributed by atoms with Crippen LogP contribution < -0.4 is 4.74 Å². The van der Waals surface area contributed by atoms with Crippen LogP contribution in [0.3, 0.4) is 0 Å². The number of imidazole rings is 1. The molecule has 6 heteroatoms. The first kappa shape index (κ1) is 16.5. The Labute approximate surface area is 145 Å². The Morgan fingerprint density at radius 2 is 1.96 bits per heavy atom. The van der Waals surface area contributed by atoms with Crippen molar-refractivity contribution in [3.8, 4) is 5.75 Å². The van der Waals surface area contributed by atoms with Gasteiger partial charge < -0.3 is 9.72 Å². The predicted octanol–water partition coefficient (Wildman–Crippen LogP) is 4.88. The lowest BCUT2D eigenvalue weighted by Gasteiger charge is -2.06. The van der Waals surface area contributed by atoms with Gasteiger partial charge >= 0.3 is 0 Å². The molecule has 0 spiro atoms. The van der Waals surface area contributed by atoms with Gasteiger partial charge in [0.1, 0.15) is 5.75 Å². The largest absolute Gasteiger partial charge is 0.497 e. The zero-order chi connectivity index (χ0) is 16.8. The van der Waals surface area contributed by atoms with Gasteiger partial charge in [-0.1, -0.05) is 36.0 Å². The lowest BCUT2D eigenvalue weighted by molar-refractivity contribution is 0.414. The Bertz CT molecular complexity index is 780. The molecule has 24 heavy (non-hydrogen) atoms. The van der Waals surface area contributed by atoms with Gasteiger partial charge in [0, 0.05) is 5.75 Å². The molecule has 3 aromatic rings. The van der Waals surface area contributed by atoms with Crippen LogP contribution in [0.4, 0.5) is 0 Å². The molecule has 1 unspecified atom stereocenters. The fourth-order valence-corrected chi connectivity index (χ4v) is 3.02. The van der Waals surface area contributed by atoms with E-state index in [9.17, 15) is 0 Å². The first-order chi connectivity index (χ1) is 11.8. The Kier molecular flexibility index (Phi) is 5.48. The summed E-state index contributed by atoms with van der Waals surface area (Å²) in [6.45, 7) is 2.71. The second kappa shape index (κ2) is 7.97. The summed E-state index contributed by atoms with van der Waals surface area (Å²) in [6.07, 6.45) is 0. The zero-order valence-corrected chi connectivity index (χ0v) is 14.6. The van der Waals surface area contributed by atoms with Crippen molar-refractivity contribution in [1.82, 2.24) is 9.97 Å². The number of aromatic amines is 1. The lowest BCUT2D eigenvalue weighted by atomic mass is 10.1. The van der Waals surface area contributed by atoms with Crippen molar-refractivity contribution in [3.05, 3.63) is 54.1 Å². The van der Waals surface area contributed by atoms with Gasteiger partial charge in [-0.15, -0.1) is 0 Å². The van der Waals surface area contributed by atoms with Crippen LogP contribution in [0.1, 0.15) is 18.5 Å². The van der Waals surface area contributed by atoms with Crippen LogP contribution in [-0.2, 0) is 0 Å². The minimum Gasteiger partial charge on any atom is -0.497 e. The number of methoxy groups -OCH3 is 1. The van der Waals surface area contributed by atoms with E-state index in [-0.39, 0.29) is 6.04 Å². The summed E-state index contributed by atoms with van der Waals surface area (Å²) in [5, 5.41) is 9.58. The van der Waals surface area contributed by atoms with Gasteiger partial charge in [0.05, 0.1) is 30.7 Å². The third-order valence-corrected chi connectivity index (χ3v) is 4.50. The van der Waals surface area contributed by atoms with Crippen molar-refractivity contribution in [3.63, 3.8) is 0 Å². The highest BCUT2D eigenvalue weighted by molar-refractivity contribution is 7.99. The average molecular weight is 340 g/mol. The molecule has 1 aromatic heterocycles. The summed E-state index contributed by atoms with van der Waals surface area (Å²) >= 11 is 1.66. The minimum absolute atomic E-state index is 0.0482. The van der Waals surface area contributed by atoms with E-state index in [0.29, 0.717) is 6.54 Å². The Morgan fingerprint density at radius 1 is 1.17 bits per heavy atom. The maximum absolute atomic E-state index is 5.16. The standard InChI is InChI=1S/C18H20N4OS/c1-13(14-7-9-15(23-2)10-8-14)22-19-11-12-24-18-20-16-5-3-4-6-17(16)21-18/h3-10,13H,11-12H2,1-2H3,(H,20,21). The van der Waals surface area contributed by atoms with E-state index in [1.807, 2.05) is 55.5 Å².